The van der Waals surface area contributed by atoms with Crippen LogP contribution in [0.2, 0.25) is 0 Å². The second-order valence-electron chi connectivity index (χ2n) is 4.74. The van der Waals surface area contributed by atoms with E-state index in [9.17, 15) is 19.3 Å². The lowest BCUT2D eigenvalue weighted by molar-refractivity contribution is -0.385. The molecule has 1 aliphatic heterocycles. The number of hydrogen-bond donors (Lipinski definition) is 3. The molecular formula is C12H16FN5O3. The number of piperidine rings is 1. The number of amides is 1. The molecule has 1 heterocycles. The lowest BCUT2D eigenvalue weighted by Crippen LogP contribution is -2.45. The van der Waals surface area contributed by atoms with Crippen LogP contribution in [0.3, 0.4) is 0 Å². The zero-order chi connectivity index (χ0) is 15.4. The molecule has 9 heteroatoms. The fraction of sp³-hybridized carbons (Fsp3) is 0.417. The highest BCUT2D eigenvalue weighted by atomic mass is 19.1. The number of nitrogens with one attached hydrogen (secondary N) is 2. The van der Waals surface area contributed by atoms with Gasteiger partial charge in [-0.3, -0.25) is 26.2 Å². The summed E-state index contributed by atoms with van der Waals surface area (Å²) >= 11 is 0. The van der Waals surface area contributed by atoms with Gasteiger partial charge in [0.2, 0.25) is 0 Å². The summed E-state index contributed by atoms with van der Waals surface area (Å²) in [6.07, 6.45) is 2.98. The molecule has 0 aromatic heterocycles. The molecule has 4 N–H and O–H groups in total. The molecule has 2 rings (SSSR count). The maximum atomic E-state index is 13.5. The fourth-order valence-electron chi connectivity index (χ4n) is 2.22. The smallest absolute Gasteiger partial charge is 0.285 e. The fourth-order valence-corrected chi connectivity index (χ4v) is 2.22. The zero-order valence-electron chi connectivity index (χ0n) is 11.3. The Hall–Kier alpha value is -2.26. The highest BCUT2D eigenvalue weighted by Gasteiger charge is 2.25. The number of rotatable bonds is 4. The van der Waals surface area contributed by atoms with E-state index in [0.717, 1.165) is 25.3 Å². The van der Waals surface area contributed by atoms with Crippen molar-refractivity contribution in [2.24, 2.45) is 5.84 Å². The average molecular weight is 297 g/mol. The summed E-state index contributed by atoms with van der Waals surface area (Å²) in [5, 5.41) is 12.7. The van der Waals surface area contributed by atoms with E-state index in [0.29, 0.717) is 19.2 Å². The summed E-state index contributed by atoms with van der Waals surface area (Å²) in [7, 11) is 0. The van der Waals surface area contributed by atoms with Crippen LogP contribution in [-0.4, -0.2) is 28.9 Å². The third kappa shape index (κ3) is 3.44. The molecule has 0 spiro atoms. The highest BCUT2D eigenvalue weighted by molar-refractivity contribution is 5.98. The molecule has 1 aromatic rings. The van der Waals surface area contributed by atoms with Crippen LogP contribution in [0, 0.1) is 15.9 Å². The Morgan fingerprint density at radius 2 is 2.00 bits per heavy atom. The van der Waals surface area contributed by atoms with E-state index in [1.807, 2.05) is 0 Å². The third-order valence-corrected chi connectivity index (χ3v) is 3.30. The van der Waals surface area contributed by atoms with Crippen molar-refractivity contribution in [1.82, 2.24) is 10.4 Å². The van der Waals surface area contributed by atoms with Crippen LogP contribution in [-0.2, 0) is 0 Å². The third-order valence-electron chi connectivity index (χ3n) is 3.30. The number of nitro benzene ring substituents is 1. The first-order valence-electron chi connectivity index (χ1n) is 6.53. The minimum Gasteiger partial charge on any atom is -0.321 e. The number of hydrogen-bond acceptors (Lipinski definition) is 6. The van der Waals surface area contributed by atoms with Gasteiger partial charge in [-0.1, -0.05) is 6.42 Å². The van der Waals surface area contributed by atoms with Crippen LogP contribution in [0.25, 0.3) is 0 Å². The second kappa shape index (κ2) is 6.46. The number of nitrogens with two attached hydrogens (primary N) is 1. The van der Waals surface area contributed by atoms with Gasteiger partial charge in [0.25, 0.3) is 11.6 Å². The van der Waals surface area contributed by atoms with Gasteiger partial charge in [0, 0.05) is 13.1 Å². The van der Waals surface area contributed by atoms with Crippen molar-refractivity contribution in [3.8, 4) is 0 Å². The van der Waals surface area contributed by atoms with Crippen molar-refractivity contribution < 1.29 is 14.1 Å². The van der Waals surface area contributed by atoms with Gasteiger partial charge in [-0.25, -0.2) is 9.40 Å². The standard InChI is InChI=1S/C12H16FN5O3/c13-9-7-11(18(20)21)8(6-10(9)15-14)12(19)16-17-4-2-1-3-5-17/h6-7,15H,1-5,14H2,(H,16,19). The summed E-state index contributed by atoms with van der Waals surface area (Å²) in [5.74, 6) is 3.59. The number of halogens is 1. The lowest BCUT2D eigenvalue weighted by Gasteiger charge is -2.26. The monoisotopic (exact) mass is 297 g/mol. The Balaban J connectivity index is 2.27. The van der Waals surface area contributed by atoms with Crippen molar-refractivity contribution in [3.05, 3.63) is 33.6 Å². The maximum absolute atomic E-state index is 13.5. The molecule has 21 heavy (non-hydrogen) atoms. The molecule has 1 fully saturated rings. The molecule has 0 aliphatic carbocycles. The van der Waals surface area contributed by atoms with Crippen molar-refractivity contribution >= 4 is 17.3 Å². The summed E-state index contributed by atoms with van der Waals surface area (Å²) in [6.45, 7) is 1.37. The molecule has 0 saturated carbocycles. The predicted octanol–water partition coefficient (Wildman–Crippen LogP) is 1.15. The van der Waals surface area contributed by atoms with Gasteiger partial charge in [-0.15, -0.1) is 0 Å². The van der Waals surface area contributed by atoms with E-state index >= 15 is 0 Å². The molecule has 1 saturated heterocycles. The van der Waals surface area contributed by atoms with E-state index in [4.69, 9.17) is 5.84 Å². The van der Waals surface area contributed by atoms with Crippen LogP contribution in [0.15, 0.2) is 12.1 Å². The molecule has 0 unspecified atom stereocenters. The predicted molar refractivity (Wildman–Crippen MR) is 73.8 cm³/mol. The lowest BCUT2D eigenvalue weighted by atomic mass is 10.1. The molecule has 8 nitrogen and oxygen atoms in total. The summed E-state index contributed by atoms with van der Waals surface area (Å²) in [4.78, 5) is 22.3. The van der Waals surface area contributed by atoms with Gasteiger partial charge in [0.05, 0.1) is 16.7 Å². The minimum absolute atomic E-state index is 0.176. The number of nitro groups is 1. The molecule has 1 amide bonds. The van der Waals surface area contributed by atoms with E-state index in [1.54, 1.807) is 5.01 Å². The van der Waals surface area contributed by atoms with E-state index in [2.05, 4.69) is 10.9 Å². The van der Waals surface area contributed by atoms with Crippen LogP contribution in [0.4, 0.5) is 15.8 Å². The molecule has 114 valence electrons. The maximum Gasteiger partial charge on any atom is 0.285 e. The van der Waals surface area contributed by atoms with Gasteiger partial charge >= 0.3 is 0 Å². The quantitative estimate of drug-likeness (QED) is 0.436. The van der Waals surface area contributed by atoms with Crippen LogP contribution >= 0.6 is 0 Å². The number of carbonyl (C=O) groups is 1. The second-order valence-corrected chi connectivity index (χ2v) is 4.74. The number of carbonyl (C=O) groups excluding carboxylic acids is 1. The zero-order valence-corrected chi connectivity index (χ0v) is 11.3. The Labute approximate surface area is 120 Å². The number of anilines is 1. The average Bonchev–Trinajstić information content (AvgIpc) is 2.47. The van der Waals surface area contributed by atoms with E-state index < -0.39 is 22.3 Å². The van der Waals surface area contributed by atoms with Crippen molar-refractivity contribution in [1.29, 1.82) is 0 Å². The first-order chi connectivity index (χ1) is 10.0. The minimum atomic E-state index is -0.890. The van der Waals surface area contributed by atoms with Crippen molar-refractivity contribution in [3.63, 3.8) is 0 Å². The van der Waals surface area contributed by atoms with Gasteiger partial charge < -0.3 is 5.43 Å². The summed E-state index contributed by atoms with van der Waals surface area (Å²) in [6, 6.07) is 1.72. The number of hydrazine groups is 2. The van der Waals surface area contributed by atoms with Crippen LogP contribution < -0.4 is 16.7 Å². The Morgan fingerprint density at radius 1 is 1.33 bits per heavy atom. The molecule has 0 radical (unpaired) electrons. The van der Waals surface area contributed by atoms with Gasteiger partial charge in [-0.05, 0) is 18.9 Å². The molecule has 0 atom stereocenters. The first-order valence-corrected chi connectivity index (χ1v) is 6.53. The Bertz CT molecular complexity index is 560. The Kier molecular flexibility index (Phi) is 4.66. The van der Waals surface area contributed by atoms with Gasteiger partial charge in [0.1, 0.15) is 5.56 Å². The molecule has 1 aliphatic rings. The molecule has 1 aromatic carbocycles. The van der Waals surface area contributed by atoms with Gasteiger partial charge in [-0.2, -0.15) is 0 Å². The van der Waals surface area contributed by atoms with Crippen molar-refractivity contribution in [2.45, 2.75) is 19.3 Å². The van der Waals surface area contributed by atoms with Crippen LogP contribution in [0.1, 0.15) is 29.6 Å². The van der Waals surface area contributed by atoms with E-state index in [1.165, 1.54) is 0 Å². The molecule has 0 bridgehead atoms. The topological polar surface area (TPSA) is 114 Å². The van der Waals surface area contributed by atoms with Gasteiger partial charge in [0.15, 0.2) is 5.82 Å². The SMILES string of the molecule is NNc1cc(C(=O)NN2CCCCC2)c([N+](=O)[O-])cc1F. The summed E-state index contributed by atoms with van der Waals surface area (Å²) < 4.78 is 13.5. The number of nitrogens with zero attached hydrogens (tertiary/aromatic N) is 2. The van der Waals surface area contributed by atoms with Crippen LogP contribution in [0.5, 0.6) is 0 Å². The first kappa shape index (κ1) is 15.1. The molecular weight excluding hydrogens is 281 g/mol. The number of benzene rings is 1. The highest BCUT2D eigenvalue weighted by Crippen LogP contribution is 2.25. The number of nitrogen functional groups attached to an aromatic ring is 1. The van der Waals surface area contributed by atoms with Crippen molar-refractivity contribution in [2.75, 3.05) is 18.5 Å². The van der Waals surface area contributed by atoms with E-state index in [-0.39, 0.29) is 11.3 Å². The largest absolute Gasteiger partial charge is 0.321 e. The summed E-state index contributed by atoms with van der Waals surface area (Å²) in [5.41, 5.74) is 3.66. The Morgan fingerprint density at radius 3 is 2.57 bits per heavy atom. The normalized spacial score (nSPS) is 15.5.